The van der Waals surface area contributed by atoms with E-state index in [0.29, 0.717) is 18.3 Å². The van der Waals surface area contributed by atoms with E-state index in [1.54, 1.807) is 6.07 Å². The Hall–Kier alpha value is -0.750. The van der Waals surface area contributed by atoms with Gasteiger partial charge in [-0.15, -0.1) is 0 Å². The first kappa shape index (κ1) is 26.3. The predicted molar refractivity (Wildman–Crippen MR) is 119 cm³/mol. The summed E-state index contributed by atoms with van der Waals surface area (Å²) in [6.45, 7) is 2.06. The fourth-order valence-corrected chi connectivity index (χ4v) is 7.00. The van der Waals surface area contributed by atoms with Crippen LogP contribution < -0.4 is 0 Å². The molecule has 1 radical (unpaired) electrons. The molecule has 0 unspecified atom stereocenters. The number of aliphatic hydroxyl groups excluding tert-OH is 4. The molecule has 9 nitrogen and oxygen atoms in total. The van der Waals surface area contributed by atoms with Crippen molar-refractivity contribution in [2.75, 3.05) is 0 Å². The summed E-state index contributed by atoms with van der Waals surface area (Å²) in [5.74, 6) is -0.367. The molecule has 4 aliphatic rings. The molecule has 2 saturated carbocycles. The van der Waals surface area contributed by atoms with E-state index in [-0.39, 0.29) is 41.2 Å². The Kier molecular flexibility index (Phi) is 7.44. The third-order valence-corrected chi connectivity index (χ3v) is 8.78. The summed E-state index contributed by atoms with van der Waals surface area (Å²) >= 11 is 0. The summed E-state index contributed by atoms with van der Waals surface area (Å²) in [7, 11) is 0. The number of carboxylic acids is 1. The number of ether oxygens (including phenoxy) is 2. The summed E-state index contributed by atoms with van der Waals surface area (Å²) in [5.41, 5.74) is 2.04. The minimum absolute atomic E-state index is 0. The minimum Gasteiger partial charge on any atom is -0.508 e. The van der Waals surface area contributed by atoms with Crippen molar-refractivity contribution in [3.05, 3.63) is 29.3 Å². The van der Waals surface area contributed by atoms with Crippen molar-refractivity contribution in [3.8, 4) is 5.75 Å². The van der Waals surface area contributed by atoms with Crippen LogP contribution in [0.3, 0.4) is 0 Å². The van der Waals surface area contributed by atoms with Crippen molar-refractivity contribution in [2.24, 2.45) is 17.3 Å². The molecule has 3 fully saturated rings. The molecule has 0 aromatic heterocycles. The molecule has 34 heavy (non-hydrogen) atoms. The fraction of sp³-hybridized carbons (Fsp3) is 0.708. The van der Waals surface area contributed by atoms with E-state index in [0.717, 1.165) is 25.7 Å². The van der Waals surface area contributed by atoms with Crippen molar-refractivity contribution in [2.45, 2.75) is 87.9 Å². The number of aryl methyl sites for hydroxylation is 1. The van der Waals surface area contributed by atoms with Crippen molar-refractivity contribution in [1.29, 1.82) is 0 Å². The molecule has 1 saturated heterocycles. The van der Waals surface area contributed by atoms with Crippen LogP contribution in [0.25, 0.3) is 0 Å². The Balaban J connectivity index is 0.00000274. The maximum atomic E-state index is 11.4. The number of carbonyl (C=O) groups is 1. The van der Waals surface area contributed by atoms with Gasteiger partial charge in [0.25, 0.3) is 0 Å². The van der Waals surface area contributed by atoms with E-state index >= 15 is 0 Å². The molecule has 5 rings (SSSR count). The molecular formula is C24H32NaO9. The van der Waals surface area contributed by atoms with E-state index in [9.17, 15) is 35.4 Å². The molecule has 0 amide bonds. The van der Waals surface area contributed by atoms with Crippen LogP contribution in [0.1, 0.15) is 49.7 Å². The largest absolute Gasteiger partial charge is 0.508 e. The number of fused-ring (bicyclic) bond motifs is 5. The number of phenols is 1. The molecule has 0 bridgehead atoms. The van der Waals surface area contributed by atoms with Crippen molar-refractivity contribution in [3.63, 3.8) is 0 Å². The average molecular weight is 488 g/mol. The van der Waals surface area contributed by atoms with Gasteiger partial charge in [-0.2, -0.15) is 0 Å². The van der Waals surface area contributed by atoms with Crippen LogP contribution in [0.5, 0.6) is 5.75 Å². The monoisotopic (exact) mass is 487 g/mol. The molecule has 1 aliphatic heterocycles. The molecule has 3 aliphatic carbocycles. The molecule has 1 heterocycles. The summed E-state index contributed by atoms with van der Waals surface area (Å²) in [6.07, 6.45) is -5.89. The number of aromatic hydroxyl groups is 1. The first-order valence-electron chi connectivity index (χ1n) is 11.7. The first-order valence-corrected chi connectivity index (χ1v) is 11.7. The van der Waals surface area contributed by atoms with Crippen LogP contribution in [0.2, 0.25) is 0 Å². The van der Waals surface area contributed by atoms with Crippen LogP contribution in [-0.4, -0.2) is 109 Å². The smallest absolute Gasteiger partial charge is 0.335 e. The Morgan fingerprint density at radius 3 is 2.56 bits per heavy atom. The molecule has 1 aromatic rings. The molecule has 10 heteroatoms. The fourth-order valence-electron chi connectivity index (χ4n) is 7.00. The SMILES string of the molecule is C[C@]12CC[C@@H]3c4ccc(O)cc4CC[C@H]3[C@@H]1C[C@@H](O[C@@H]1O[C@H](C(=O)O)[C@@H](O)[C@H](O)[C@H]1O)[C@@H]2O.[Na]. The molecule has 0 spiro atoms. The molecule has 11 atom stereocenters. The van der Waals surface area contributed by atoms with E-state index in [4.69, 9.17) is 9.47 Å². The minimum atomic E-state index is -1.78. The third kappa shape index (κ3) is 4.13. The third-order valence-electron chi connectivity index (χ3n) is 8.78. The number of hydrogen-bond donors (Lipinski definition) is 6. The second kappa shape index (κ2) is 9.61. The number of rotatable bonds is 3. The van der Waals surface area contributed by atoms with Gasteiger partial charge in [0.15, 0.2) is 12.4 Å². The van der Waals surface area contributed by atoms with Gasteiger partial charge in [0, 0.05) is 29.6 Å². The summed E-state index contributed by atoms with van der Waals surface area (Å²) in [6, 6.07) is 5.58. The zero-order valence-electron chi connectivity index (χ0n) is 19.4. The van der Waals surface area contributed by atoms with Crippen LogP contribution in [0.15, 0.2) is 18.2 Å². The van der Waals surface area contributed by atoms with Gasteiger partial charge >= 0.3 is 5.97 Å². The van der Waals surface area contributed by atoms with Crippen LogP contribution in [-0.2, 0) is 20.7 Å². The first-order chi connectivity index (χ1) is 15.6. The molecular weight excluding hydrogens is 455 g/mol. The average Bonchev–Trinajstić information content (AvgIpc) is 3.03. The molecule has 183 valence electrons. The topological polar surface area (TPSA) is 157 Å². The van der Waals surface area contributed by atoms with E-state index < -0.39 is 54.3 Å². The van der Waals surface area contributed by atoms with Crippen molar-refractivity contribution in [1.82, 2.24) is 0 Å². The van der Waals surface area contributed by atoms with Gasteiger partial charge in [0.1, 0.15) is 24.1 Å². The maximum Gasteiger partial charge on any atom is 0.335 e. The van der Waals surface area contributed by atoms with E-state index in [2.05, 4.69) is 6.92 Å². The zero-order chi connectivity index (χ0) is 23.7. The quantitative estimate of drug-likeness (QED) is 0.326. The number of benzene rings is 1. The van der Waals surface area contributed by atoms with Gasteiger partial charge < -0.3 is 40.1 Å². The number of phenolic OH excluding ortho intramolecular Hbond substituents is 1. The zero-order valence-corrected chi connectivity index (χ0v) is 21.4. The summed E-state index contributed by atoms with van der Waals surface area (Å²) in [4.78, 5) is 11.4. The van der Waals surface area contributed by atoms with Gasteiger partial charge in [0.05, 0.1) is 12.2 Å². The molecule has 6 N–H and O–H groups in total. The Bertz CT molecular complexity index is 928. The Morgan fingerprint density at radius 2 is 1.85 bits per heavy atom. The van der Waals surface area contributed by atoms with Crippen LogP contribution >= 0.6 is 0 Å². The Labute approximate surface area is 220 Å². The van der Waals surface area contributed by atoms with Gasteiger partial charge in [-0.1, -0.05) is 13.0 Å². The number of aliphatic carboxylic acids is 1. The van der Waals surface area contributed by atoms with Gasteiger partial charge in [-0.3, -0.25) is 0 Å². The Morgan fingerprint density at radius 1 is 1.12 bits per heavy atom. The van der Waals surface area contributed by atoms with Gasteiger partial charge in [-0.05, 0) is 78.5 Å². The number of hydrogen-bond acceptors (Lipinski definition) is 8. The standard InChI is InChI=1S/C24H32O9.Na/c1-24-7-6-13-12-5-3-11(25)8-10(12)2-4-14(13)15(24)9-16(21(24)29)32-23-19(28)17(26)18(27)20(33-23)22(30)31;/h3,5,8,13-21,23,25-29H,2,4,6-7,9H2,1H3,(H,30,31);/t13-,14-,15+,16-,17+,18+,19-,20+,21+,23-,24+;/m1./s1. The van der Waals surface area contributed by atoms with E-state index in [1.807, 2.05) is 12.1 Å². The van der Waals surface area contributed by atoms with E-state index in [1.165, 1.54) is 11.1 Å². The van der Waals surface area contributed by atoms with Crippen molar-refractivity contribution >= 4 is 35.5 Å². The maximum absolute atomic E-state index is 11.4. The van der Waals surface area contributed by atoms with Crippen LogP contribution in [0, 0.1) is 17.3 Å². The summed E-state index contributed by atoms with van der Waals surface area (Å²) < 4.78 is 11.2. The number of aliphatic hydroxyl groups is 4. The second-order valence-corrected chi connectivity index (χ2v) is 10.4. The normalized spacial score (nSPS) is 45.4. The van der Waals surface area contributed by atoms with Crippen LogP contribution in [0.4, 0.5) is 0 Å². The molecule has 1 aromatic carbocycles. The van der Waals surface area contributed by atoms with Gasteiger partial charge in [0.2, 0.25) is 0 Å². The predicted octanol–water partition coefficient (Wildman–Crippen LogP) is 0.116. The number of carboxylic acid groups (broad SMARTS) is 1. The second-order valence-electron chi connectivity index (χ2n) is 10.4. The van der Waals surface area contributed by atoms with Gasteiger partial charge in [-0.25, -0.2) is 4.79 Å². The summed E-state index contributed by atoms with van der Waals surface area (Å²) in [5, 5.41) is 60.7. The van der Waals surface area contributed by atoms with Crippen molar-refractivity contribution < 1.29 is 44.9 Å².